The lowest BCUT2D eigenvalue weighted by Gasteiger charge is -2.41. The van der Waals surface area contributed by atoms with E-state index in [1.807, 2.05) is 0 Å². The summed E-state index contributed by atoms with van der Waals surface area (Å²) in [5.41, 5.74) is 1.28. The van der Waals surface area contributed by atoms with E-state index in [4.69, 9.17) is 4.74 Å². The van der Waals surface area contributed by atoms with Crippen molar-refractivity contribution in [3.05, 3.63) is 28.7 Å². The van der Waals surface area contributed by atoms with E-state index in [1.165, 1.54) is 5.69 Å². The van der Waals surface area contributed by atoms with Gasteiger partial charge < -0.3 is 9.64 Å². The number of ether oxygens (including phenoxy) is 1. The summed E-state index contributed by atoms with van der Waals surface area (Å²) in [5, 5.41) is 0. The van der Waals surface area contributed by atoms with Crippen LogP contribution in [-0.2, 0) is 4.74 Å². The van der Waals surface area contributed by atoms with Crippen LogP contribution in [0.25, 0.3) is 0 Å². The van der Waals surface area contributed by atoms with Gasteiger partial charge in [0.25, 0.3) is 0 Å². The quantitative estimate of drug-likeness (QED) is 0.837. The van der Waals surface area contributed by atoms with Crippen LogP contribution in [0.1, 0.15) is 13.8 Å². The zero-order chi connectivity index (χ0) is 10.8. The molecule has 1 aromatic rings. The second kappa shape index (κ2) is 4.54. The lowest BCUT2D eigenvalue weighted by molar-refractivity contribution is 0.00578. The van der Waals surface area contributed by atoms with Gasteiger partial charge in [-0.2, -0.15) is 0 Å². The first-order valence-electron chi connectivity index (χ1n) is 5.30. The Bertz CT molecular complexity index is 319. The molecule has 0 bridgehead atoms. The Morgan fingerprint density at radius 1 is 1.27 bits per heavy atom. The van der Waals surface area contributed by atoms with Gasteiger partial charge in [-0.15, -0.1) is 0 Å². The summed E-state index contributed by atoms with van der Waals surface area (Å²) >= 11 is 3.46. The second-order valence-corrected chi connectivity index (χ2v) is 5.08. The molecule has 0 aromatic heterocycles. The Morgan fingerprint density at radius 2 is 1.87 bits per heavy atom. The van der Waals surface area contributed by atoms with Crippen molar-refractivity contribution in [1.82, 2.24) is 0 Å². The molecule has 1 aliphatic rings. The normalized spacial score (nSPS) is 16.5. The van der Waals surface area contributed by atoms with E-state index in [0.29, 0.717) is 12.1 Å². The summed E-state index contributed by atoms with van der Waals surface area (Å²) in [5.74, 6) is 0. The van der Waals surface area contributed by atoms with Crippen LogP contribution in [0, 0.1) is 0 Å². The molecule has 1 saturated heterocycles. The second-order valence-electron chi connectivity index (χ2n) is 4.17. The SMILES string of the molecule is CC(C)N(c1ccc(Br)cc1)C1COC1. The maximum atomic E-state index is 5.26. The minimum Gasteiger partial charge on any atom is -0.377 e. The summed E-state index contributed by atoms with van der Waals surface area (Å²) in [4.78, 5) is 2.43. The standard InChI is InChI=1S/C12H16BrNO/c1-9(2)14(12-7-15-8-12)11-5-3-10(13)4-6-11/h3-6,9,12H,7-8H2,1-2H3. The predicted octanol–water partition coefficient (Wildman–Crippen LogP) is 3.06. The molecule has 1 aromatic carbocycles. The van der Waals surface area contributed by atoms with Crippen molar-refractivity contribution in [2.24, 2.45) is 0 Å². The molecule has 0 saturated carbocycles. The van der Waals surface area contributed by atoms with E-state index in [-0.39, 0.29) is 0 Å². The highest BCUT2D eigenvalue weighted by atomic mass is 79.9. The van der Waals surface area contributed by atoms with Gasteiger partial charge in [0, 0.05) is 16.2 Å². The molecule has 1 heterocycles. The van der Waals surface area contributed by atoms with E-state index in [9.17, 15) is 0 Å². The number of benzene rings is 1. The molecule has 0 atom stereocenters. The van der Waals surface area contributed by atoms with Gasteiger partial charge in [-0.3, -0.25) is 0 Å². The topological polar surface area (TPSA) is 12.5 Å². The summed E-state index contributed by atoms with van der Waals surface area (Å²) in [6.45, 7) is 6.16. The molecule has 2 nitrogen and oxygen atoms in total. The van der Waals surface area contributed by atoms with Crippen molar-refractivity contribution in [3.63, 3.8) is 0 Å². The van der Waals surface area contributed by atoms with Crippen molar-refractivity contribution in [1.29, 1.82) is 0 Å². The maximum absolute atomic E-state index is 5.26. The Labute approximate surface area is 99.4 Å². The molecule has 0 aliphatic carbocycles. The summed E-state index contributed by atoms with van der Waals surface area (Å²) in [6, 6.07) is 9.55. The molecular formula is C12H16BrNO. The average Bonchev–Trinajstić information content (AvgIpc) is 2.12. The number of rotatable bonds is 3. The molecule has 1 aliphatic heterocycles. The van der Waals surface area contributed by atoms with Gasteiger partial charge >= 0.3 is 0 Å². The van der Waals surface area contributed by atoms with Crippen LogP contribution < -0.4 is 4.90 Å². The van der Waals surface area contributed by atoms with Gasteiger partial charge in [-0.25, -0.2) is 0 Å². The van der Waals surface area contributed by atoms with E-state index in [0.717, 1.165) is 17.7 Å². The van der Waals surface area contributed by atoms with Crippen LogP contribution in [0.3, 0.4) is 0 Å². The van der Waals surface area contributed by atoms with Crippen molar-refractivity contribution in [2.75, 3.05) is 18.1 Å². The lowest BCUT2D eigenvalue weighted by Crippen LogP contribution is -2.52. The summed E-state index contributed by atoms with van der Waals surface area (Å²) in [6.07, 6.45) is 0. The van der Waals surface area contributed by atoms with Gasteiger partial charge in [-0.05, 0) is 38.1 Å². The van der Waals surface area contributed by atoms with Gasteiger partial charge in [0.1, 0.15) is 0 Å². The molecule has 82 valence electrons. The van der Waals surface area contributed by atoms with Crippen LogP contribution in [0.5, 0.6) is 0 Å². The fraction of sp³-hybridized carbons (Fsp3) is 0.500. The molecule has 15 heavy (non-hydrogen) atoms. The zero-order valence-corrected chi connectivity index (χ0v) is 10.7. The third-order valence-corrected chi connectivity index (χ3v) is 3.22. The maximum Gasteiger partial charge on any atom is 0.0760 e. The van der Waals surface area contributed by atoms with E-state index in [2.05, 4.69) is 58.9 Å². The molecule has 3 heteroatoms. The average molecular weight is 270 g/mol. The van der Waals surface area contributed by atoms with Gasteiger partial charge in [0.2, 0.25) is 0 Å². The number of hydrogen-bond acceptors (Lipinski definition) is 2. The Kier molecular flexibility index (Phi) is 3.32. The zero-order valence-electron chi connectivity index (χ0n) is 9.11. The van der Waals surface area contributed by atoms with Crippen LogP contribution in [0.15, 0.2) is 28.7 Å². The van der Waals surface area contributed by atoms with Crippen molar-refractivity contribution >= 4 is 21.6 Å². The van der Waals surface area contributed by atoms with Crippen molar-refractivity contribution < 1.29 is 4.74 Å². The molecule has 0 amide bonds. The van der Waals surface area contributed by atoms with E-state index in [1.54, 1.807) is 0 Å². The monoisotopic (exact) mass is 269 g/mol. The summed E-state index contributed by atoms with van der Waals surface area (Å²) < 4.78 is 6.39. The molecule has 0 unspecified atom stereocenters. The number of hydrogen-bond donors (Lipinski definition) is 0. The molecule has 2 rings (SSSR count). The Hall–Kier alpha value is -0.540. The van der Waals surface area contributed by atoms with Crippen LogP contribution in [0.4, 0.5) is 5.69 Å². The predicted molar refractivity (Wildman–Crippen MR) is 66.4 cm³/mol. The molecule has 0 N–H and O–H groups in total. The van der Waals surface area contributed by atoms with E-state index >= 15 is 0 Å². The van der Waals surface area contributed by atoms with Crippen LogP contribution >= 0.6 is 15.9 Å². The summed E-state index contributed by atoms with van der Waals surface area (Å²) in [7, 11) is 0. The third kappa shape index (κ3) is 2.34. The minimum absolute atomic E-state index is 0.514. The molecular weight excluding hydrogens is 254 g/mol. The van der Waals surface area contributed by atoms with Gasteiger partial charge in [0.15, 0.2) is 0 Å². The minimum atomic E-state index is 0.514. The highest BCUT2D eigenvalue weighted by molar-refractivity contribution is 9.10. The highest BCUT2D eigenvalue weighted by Gasteiger charge is 2.27. The van der Waals surface area contributed by atoms with Crippen LogP contribution in [0.2, 0.25) is 0 Å². The fourth-order valence-electron chi connectivity index (χ4n) is 1.93. The molecule has 1 fully saturated rings. The first-order chi connectivity index (χ1) is 7.18. The Morgan fingerprint density at radius 3 is 2.27 bits per heavy atom. The first-order valence-corrected chi connectivity index (χ1v) is 6.09. The molecule has 0 radical (unpaired) electrons. The fourth-order valence-corrected chi connectivity index (χ4v) is 2.19. The number of halogens is 1. The van der Waals surface area contributed by atoms with E-state index < -0.39 is 0 Å². The first kappa shape index (κ1) is 11.0. The van der Waals surface area contributed by atoms with Gasteiger partial charge in [0.05, 0.1) is 19.3 Å². The van der Waals surface area contributed by atoms with Crippen LogP contribution in [-0.4, -0.2) is 25.3 Å². The largest absolute Gasteiger partial charge is 0.377 e. The van der Waals surface area contributed by atoms with Gasteiger partial charge in [-0.1, -0.05) is 15.9 Å². The lowest BCUT2D eigenvalue weighted by atomic mass is 10.1. The molecule has 0 spiro atoms. The number of nitrogens with zero attached hydrogens (tertiary/aromatic N) is 1. The smallest absolute Gasteiger partial charge is 0.0760 e. The number of anilines is 1. The van der Waals surface area contributed by atoms with Crippen molar-refractivity contribution in [3.8, 4) is 0 Å². The highest BCUT2D eigenvalue weighted by Crippen LogP contribution is 2.25. The van der Waals surface area contributed by atoms with Crippen molar-refractivity contribution in [2.45, 2.75) is 25.9 Å². The Balaban J connectivity index is 2.19. The third-order valence-electron chi connectivity index (χ3n) is 2.69.